The molecule has 0 aliphatic heterocycles. The molecule has 0 aliphatic rings. The molecule has 0 unspecified atom stereocenters. The molecule has 0 fully saturated rings. The van der Waals surface area contributed by atoms with Crippen molar-refractivity contribution >= 4 is 12.3 Å². The molecule has 0 saturated heterocycles. The van der Waals surface area contributed by atoms with Crippen molar-refractivity contribution in [3.8, 4) is 0 Å². The first-order valence-corrected chi connectivity index (χ1v) is 1.68. The molecule has 0 aromatic carbocycles. The topological polar surface area (TPSA) is 46.2 Å². The van der Waals surface area contributed by atoms with E-state index in [9.17, 15) is 9.59 Å². The van der Waals surface area contributed by atoms with Crippen LogP contribution in [0.25, 0.3) is 0 Å². The molecule has 2 amide bonds. The Morgan fingerprint density at radius 2 is 2.29 bits per heavy atom. The first-order chi connectivity index (χ1) is 3.31. The average Bonchev–Trinajstić information content (AvgIpc) is 1.68. The second-order valence-electron chi connectivity index (χ2n) is 0.831. The van der Waals surface area contributed by atoms with Crippen LogP contribution in [0.5, 0.6) is 0 Å². The minimum Gasteiger partial charge on any atom is -0.295 e. The van der Waals surface area contributed by atoms with E-state index in [0.717, 1.165) is 6.08 Å². The van der Waals surface area contributed by atoms with Crippen molar-refractivity contribution in [3.63, 3.8) is 0 Å². The van der Waals surface area contributed by atoms with Gasteiger partial charge < -0.3 is 0 Å². The molecule has 0 heterocycles. The standard InChI is InChI=1S/C4H5NO2/c1-2-4(7)5-3-6/h2-3H,1H2,(H,5,6,7). The molecule has 0 radical (unpaired) electrons. The Balaban J connectivity index is 3.36. The molecule has 0 aromatic rings. The summed E-state index contributed by atoms with van der Waals surface area (Å²) in [5.74, 6) is -0.477. The summed E-state index contributed by atoms with van der Waals surface area (Å²) in [5.41, 5.74) is 0. The Bertz CT molecular complexity index is 97.9. The molecule has 0 aliphatic carbocycles. The van der Waals surface area contributed by atoms with E-state index in [1.807, 2.05) is 5.32 Å². The highest BCUT2D eigenvalue weighted by molar-refractivity contribution is 5.93. The Morgan fingerprint density at radius 1 is 1.71 bits per heavy atom. The second-order valence-corrected chi connectivity index (χ2v) is 0.831. The first kappa shape index (κ1) is 5.88. The van der Waals surface area contributed by atoms with Gasteiger partial charge in [0.1, 0.15) is 0 Å². The normalized spacial score (nSPS) is 6.86. The van der Waals surface area contributed by atoms with Gasteiger partial charge in [0.2, 0.25) is 12.3 Å². The molecular weight excluding hydrogens is 94.0 g/mol. The van der Waals surface area contributed by atoms with Crippen LogP contribution in [0.1, 0.15) is 0 Å². The number of amides is 2. The highest BCUT2D eigenvalue weighted by Gasteiger charge is 1.84. The molecule has 0 rings (SSSR count). The van der Waals surface area contributed by atoms with Crippen molar-refractivity contribution in [1.29, 1.82) is 0 Å². The Hall–Kier alpha value is -1.12. The summed E-state index contributed by atoms with van der Waals surface area (Å²) in [5, 5.41) is 1.86. The van der Waals surface area contributed by atoms with E-state index in [-0.39, 0.29) is 0 Å². The van der Waals surface area contributed by atoms with Crippen molar-refractivity contribution in [2.45, 2.75) is 0 Å². The second kappa shape index (κ2) is 3.08. The van der Waals surface area contributed by atoms with Gasteiger partial charge in [-0.1, -0.05) is 6.58 Å². The van der Waals surface area contributed by atoms with Gasteiger partial charge in [0.25, 0.3) is 0 Å². The number of nitrogens with one attached hydrogen (secondary N) is 1. The van der Waals surface area contributed by atoms with Crippen LogP contribution in [-0.4, -0.2) is 12.3 Å². The van der Waals surface area contributed by atoms with Gasteiger partial charge in [-0.15, -0.1) is 0 Å². The first-order valence-electron chi connectivity index (χ1n) is 1.68. The summed E-state index contributed by atoms with van der Waals surface area (Å²) in [6.45, 7) is 3.11. The summed E-state index contributed by atoms with van der Waals surface area (Å²) in [6, 6.07) is 0. The number of carbonyl (C=O) groups is 2. The highest BCUT2D eigenvalue weighted by Crippen LogP contribution is 1.57. The molecule has 38 valence electrons. The van der Waals surface area contributed by atoms with E-state index in [1.54, 1.807) is 0 Å². The molecular formula is C4H5NO2. The van der Waals surface area contributed by atoms with Gasteiger partial charge in [0.05, 0.1) is 0 Å². The van der Waals surface area contributed by atoms with Crippen LogP contribution in [-0.2, 0) is 9.59 Å². The Labute approximate surface area is 41.0 Å². The van der Waals surface area contributed by atoms with E-state index in [1.165, 1.54) is 0 Å². The predicted octanol–water partition coefficient (Wildman–Crippen LogP) is -0.555. The minimum absolute atomic E-state index is 0.310. The van der Waals surface area contributed by atoms with E-state index in [0.29, 0.717) is 6.41 Å². The van der Waals surface area contributed by atoms with Gasteiger partial charge in [-0.05, 0) is 6.08 Å². The maximum Gasteiger partial charge on any atom is 0.249 e. The number of hydrogen-bond donors (Lipinski definition) is 1. The van der Waals surface area contributed by atoms with Crippen LogP contribution in [0.2, 0.25) is 0 Å². The lowest BCUT2D eigenvalue weighted by Crippen LogP contribution is -2.17. The summed E-state index contributed by atoms with van der Waals surface area (Å²) in [4.78, 5) is 19.3. The zero-order chi connectivity index (χ0) is 5.70. The molecule has 0 spiro atoms. The molecule has 1 N–H and O–H groups in total. The third kappa shape index (κ3) is 2.69. The van der Waals surface area contributed by atoms with Gasteiger partial charge >= 0.3 is 0 Å². The lowest BCUT2D eigenvalue weighted by Gasteiger charge is -1.81. The molecule has 0 saturated carbocycles. The zero-order valence-electron chi connectivity index (χ0n) is 3.68. The fourth-order valence-electron chi connectivity index (χ4n) is 0.117. The van der Waals surface area contributed by atoms with Crippen LogP contribution in [0.3, 0.4) is 0 Å². The maximum absolute atomic E-state index is 9.95. The number of rotatable bonds is 2. The molecule has 3 nitrogen and oxygen atoms in total. The highest BCUT2D eigenvalue weighted by atomic mass is 16.2. The summed E-state index contributed by atoms with van der Waals surface area (Å²) in [7, 11) is 0. The minimum atomic E-state index is -0.477. The van der Waals surface area contributed by atoms with Gasteiger partial charge in [-0.3, -0.25) is 14.9 Å². The van der Waals surface area contributed by atoms with Crippen LogP contribution in [0, 0.1) is 0 Å². The largest absolute Gasteiger partial charge is 0.295 e. The molecule has 0 atom stereocenters. The molecule has 3 heteroatoms. The quantitative estimate of drug-likeness (QED) is 0.372. The fraction of sp³-hybridized carbons (Fsp3) is 0. The molecule has 0 aromatic heterocycles. The van der Waals surface area contributed by atoms with E-state index >= 15 is 0 Å². The lowest BCUT2D eigenvalue weighted by molar-refractivity contribution is -0.121. The SMILES string of the molecule is C=CC(=O)NC=O. The van der Waals surface area contributed by atoms with Crippen molar-refractivity contribution in [2.75, 3.05) is 0 Å². The lowest BCUT2D eigenvalue weighted by atomic mass is 10.6. The molecule has 0 bridgehead atoms. The van der Waals surface area contributed by atoms with Crippen LogP contribution in [0.4, 0.5) is 0 Å². The smallest absolute Gasteiger partial charge is 0.249 e. The fourth-order valence-corrected chi connectivity index (χ4v) is 0.117. The average molecular weight is 99.1 g/mol. The van der Waals surface area contributed by atoms with Gasteiger partial charge in [0.15, 0.2) is 0 Å². The maximum atomic E-state index is 9.95. The van der Waals surface area contributed by atoms with Gasteiger partial charge in [-0.2, -0.15) is 0 Å². The van der Waals surface area contributed by atoms with E-state index in [4.69, 9.17) is 0 Å². The summed E-state index contributed by atoms with van der Waals surface area (Å²) >= 11 is 0. The Kier molecular flexibility index (Phi) is 2.59. The van der Waals surface area contributed by atoms with Gasteiger partial charge in [-0.25, -0.2) is 0 Å². The summed E-state index contributed by atoms with van der Waals surface area (Å²) in [6.07, 6.45) is 1.33. The third-order valence-electron chi connectivity index (χ3n) is 0.387. The van der Waals surface area contributed by atoms with Crippen LogP contribution >= 0.6 is 0 Å². The zero-order valence-corrected chi connectivity index (χ0v) is 3.68. The third-order valence-corrected chi connectivity index (χ3v) is 0.387. The van der Waals surface area contributed by atoms with Crippen LogP contribution < -0.4 is 5.32 Å². The van der Waals surface area contributed by atoms with Gasteiger partial charge in [0, 0.05) is 0 Å². The van der Waals surface area contributed by atoms with E-state index < -0.39 is 5.91 Å². The summed E-state index contributed by atoms with van der Waals surface area (Å²) < 4.78 is 0. The van der Waals surface area contributed by atoms with Crippen molar-refractivity contribution in [2.24, 2.45) is 0 Å². The van der Waals surface area contributed by atoms with Crippen molar-refractivity contribution in [1.82, 2.24) is 5.32 Å². The Morgan fingerprint density at radius 3 is 2.43 bits per heavy atom. The van der Waals surface area contributed by atoms with Crippen molar-refractivity contribution in [3.05, 3.63) is 12.7 Å². The van der Waals surface area contributed by atoms with Crippen molar-refractivity contribution < 1.29 is 9.59 Å². The van der Waals surface area contributed by atoms with Crippen LogP contribution in [0.15, 0.2) is 12.7 Å². The van der Waals surface area contributed by atoms with E-state index in [2.05, 4.69) is 6.58 Å². The number of hydrogen-bond acceptors (Lipinski definition) is 2. The predicted molar refractivity (Wildman–Crippen MR) is 24.4 cm³/mol. The molecule has 7 heavy (non-hydrogen) atoms. The monoisotopic (exact) mass is 99.0 g/mol. The number of carbonyl (C=O) groups excluding carboxylic acids is 2. The number of imide groups is 1.